The summed E-state index contributed by atoms with van der Waals surface area (Å²) in [6, 6.07) is 15.2. The number of hydrogen-bond donors (Lipinski definition) is 4. The lowest BCUT2D eigenvalue weighted by Gasteiger charge is -2.24. The third-order valence-electron chi connectivity index (χ3n) is 7.63. The Balaban J connectivity index is 1.43. The summed E-state index contributed by atoms with van der Waals surface area (Å²) in [5, 5.41) is 25.0. The molecule has 3 heterocycles. The van der Waals surface area contributed by atoms with Crippen LogP contribution in [0, 0.1) is 28.4 Å². The van der Waals surface area contributed by atoms with E-state index in [2.05, 4.69) is 58.5 Å². The van der Waals surface area contributed by atoms with Gasteiger partial charge < -0.3 is 16.1 Å². The van der Waals surface area contributed by atoms with Gasteiger partial charge >= 0.3 is 0 Å². The summed E-state index contributed by atoms with van der Waals surface area (Å²) >= 11 is 6.80. The molecule has 0 unspecified atom stereocenters. The third kappa shape index (κ3) is 6.07. The molecule has 2 aromatic heterocycles. The molecule has 1 aliphatic heterocycles. The molecule has 1 atom stereocenters. The van der Waals surface area contributed by atoms with Gasteiger partial charge in [0.05, 0.1) is 51.8 Å². The quantitative estimate of drug-likeness (QED) is 0.147. The van der Waals surface area contributed by atoms with Gasteiger partial charge in [0, 0.05) is 48.0 Å². The molecule has 12 heteroatoms. The number of aryl methyl sites for hydroxylation is 1. The summed E-state index contributed by atoms with van der Waals surface area (Å²) < 4.78 is 30.7. The third-order valence-corrected chi connectivity index (χ3v) is 7.92. The fourth-order valence-corrected chi connectivity index (χ4v) is 5.64. The molecule has 0 bridgehead atoms. The molecule has 0 amide bonds. The Hall–Kier alpha value is -4.92. The molecular formula is C33H32ClF2N9. The number of nitrogens with one attached hydrogen (secondary N) is 4. The summed E-state index contributed by atoms with van der Waals surface area (Å²) in [6.45, 7) is 6.91. The van der Waals surface area contributed by atoms with Crippen LogP contribution in [0.25, 0.3) is 21.8 Å². The first-order chi connectivity index (χ1) is 21.5. The maximum atomic E-state index is 14.5. The number of rotatable bonds is 8. The Morgan fingerprint density at radius 2 is 1.82 bits per heavy atom. The molecule has 230 valence electrons. The molecule has 6 rings (SSSR count). The van der Waals surface area contributed by atoms with Crippen LogP contribution in [0.3, 0.4) is 0 Å². The van der Waals surface area contributed by atoms with E-state index in [1.54, 1.807) is 28.2 Å². The molecule has 45 heavy (non-hydrogen) atoms. The maximum absolute atomic E-state index is 14.5. The van der Waals surface area contributed by atoms with Crippen LogP contribution in [0.2, 0.25) is 5.02 Å². The zero-order chi connectivity index (χ0) is 31.9. The highest BCUT2D eigenvalue weighted by molar-refractivity contribution is 6.35. The summed E-state index contributed by atoms with van der Waals surface area (Å²) in [5.41, 5.74) is 10.9. The Bertz CT molecular complexity index is 1970. The average Bonchev–Trinajstić information content (AvgIpc) is 3.63. The van der Waals surface area contributed by atoms with Gasteiger partial charge in [-0.05, 0) is 41.3 Å². The highest BCUT2D eigenvalue weighted by atomic mass is 35.5. The minimum absolute atomic E-state index is 0.0411. The van der Waals surface area contributed by atoms with Crippen molar-refractivity contribution in [2.45, 2.75) is 33.4 Å². The van der Waals surface area contributed by atoms with Crippen molar-refractivity contribution in [3.8, 4) is 6.07 Å². The molecular weight excluding hydrogens is 596 g/mol. The normalized spacial score (nSPS) is 13.9. The summed E-state index contributed by atoms with van der Waals surface area (Å²) in [7, 11) is 1.88. The monoisotopic (exact) mass is 627 g/mol. The average molecular weight is 628 g/mol. The van der Waals surface area contributed by atoms with Crippen LogP contribution in [-0.2, 0) is 13.6 Å². The smallest absolute Gasteiger partial charge is 0.131 e. The second-order valence-corrected chi connectivity index (χ2v) is 12.6. The topological polar surface area (TPSA) is 106 Å². The van der Waals surface area contributed by atoms with Gasteiger partial charge in [-0.3, -0.25) is 14.7 Å². The highest BCUT2D eigenvalue weighted by Crippen LogP contribution is 2.37. The number of hydrogen-bond acceptors (Lipinski definition) is 8. The molecule has 3 aromatic carbocycles. The predicted molar refractivity (Wildman–Crippen MR) is 173 cm³/mol. The molecule has 0 fully saturated rings. The zero-order valence-electron chi connectivity index (χ0n) is 25.2. The van der Waals surface area contributed by atoms with Crippen LogP contribution < -0.4 is 21.6 Å². The fraction of sp³-hybridized carbons (Fsp3) is 0.242. The van der Waals surface area contributed by atoms with Crippen molar-refractivity contribution in [2.75, 3.05) is 17.2 Å². The van der Waals surface area contributed by atoms with Crippen LogP contribution in [0.1, 0.15) is 43.5 Å². The van der Waals surface area contributed by atoms with E-state index in [0.29, 0.717) is 45.1 Å². The summed E-state index contributed by atoms with van der Waals surface area (Å²) in [4.78, 5) is 4.49. The van der Waals surface area contributed by atoms with Crippen LogP contribution >= 0.6 is 11.6 Å². The highest BCUT2D eigenvalue weighted by Gasteiger charge is 2.26. The summed E-state index contributed by atoms with van der Waals surface area (Å²) in [5.74, 6) is -1.25. The molecule has 9 nitrogen and oxygen atoms in total. The Morgan fingerprint density at radius 3 is 2.56 bits per heavy atom. The molecule has 4 N–H and O–H groups in total. The molecule has 0 saturated carbocycles. The minimum Gasteiger partial charge on any atom is -0.383 e. The van der Waals surface area contributed by atoms with Gasteiger partial charge in [-0.25, -0.2) is 8.78 Å². The van der Waals surface area contributed by atoms with Crippen LogP contribution in [0.4, 0.5) is 20.2 Å². The van der Waals surface area contributed by atoms with Crippen LogP contribution in [0.5, 0.6) is 0 Å². The van der Waals surface area contributed by atoms with Gasteiger partial charge in [0.15, 0.2) is 0 Å². The van der Waals surface area contributed by atoms with E-state index in [0.717, 1.165) is 16.5 Å². The number of halogens is 3. The molecule has 5 aromatic rings. The Kier molecular flexibility index (Phi) is 7.95. The van der Waals surface area contributed by atoms with Gasteiger partial charge in [-0.2, -0.15) is 10.4 Å². The first kappa shape index (κ1) is 30.1. The molecule has 1 aliphatic rings. The van der Waals surface area contributed by atoms with Gasteiger partial charge in [-0.1, -0.05) is 50.6 Å². The van der Waals surface area contributed by atoms with Crippen molar-refractivity contribution in [3.05, 3.63) is 106 Å². The SMILES string of the molecule is Cn1ncc2c([C@H](Nc3cc(Cl)c4ncc(C#N)c(NCC(C)(C)C)c4c3)C3=CN(Cc4c(F)cccc4F)NN3)cccc21. The van der Waals surface area contributed by atoms with Crippen molar-refractivity contribution in [1.29, 1.82) is 5.26 Å². The number of benzene rings is 3. The molecule has 0 spiro atoms. The lowest BCUT2D eigenvalue weighted by molar-refractivity contribution is 0.255. The first-order valence-corrected chi connectivity index (χ1v) is 14.8. The second-order valence-electron chi connectivity index (χ2n) is 12.2. The predicted octanol–water partition coefficient (Wildman–Crippen LogP) is 6.90. The lowest BCUT2D eigenvalue weighted by Crippen LogP contribution is -2.37. The Morgan fingerprint density at radius 1 is 1.07 bits per heavy atom. The van der Waals surface area contributed by atoms with Crippen molar-refractivity contribution in [1.82, 2.24) is 30.7 Å². The van der Waals surface area contributed by atoms with Gasteiger partial charge in [-0.15, -0.1) is 5.53 Å². The number of hydrazine groups is 2. The van der Waals surface area contributed by atoms with E-state index in [4.69, 9.17) is 11.6 Å². The van der Waals surface area contributed by atoms with Crippen molar-refractivity contribution >= 4 is 44.8 Å². The van der Waals surface area contributed by atoms with E-state index in [-0.39, 0.29) is 17.5 Å². The van der Waals surface area contributed by atoms with Crippen molar-refractivity contribution in [3.63, 3.8) is 0 Å². The van der Waals surface area contributed by atoms with E-state index in [1.807, 2.05) is 31.3 Å². The van der Waals surface area contributed by atoms with Crippen molar-refractivity contribution < 1.29 is 8.78 Å². The number of anilines is 2. The molecule has 0 radical (unpaired) electrons. The standard InChI is InChI=1S/C33H32ClF2N9/c1-33(2,3)18-39-30-19(13-37)14-38-31-22(30)11-20(12-25(31)34)41-32(21-7-5-10-29-23(21)15-40-44(29)4)28-17-45(43-42-28)16-24-26(35)8-6-9-27(24)36/h5-12,14-15,17,32,41-43H,16,18H2,1-4H3,(H,38,39)/t32-/m0/s1. The van der Waals surface area contributed by atoms with E-state index >= 15 is 0 Å². The number of pyridine rings is 1. The van der Waals surface area contributed by atoms with Crippen molar-refractivity contribution in [2.24, 2.45) is 12.5 Å². The van der Waals surface area contributed by atoms with E-state index in [1.165, 1.54) is 24.4 Å². The lowest BCUT2D eigenvalue weighted by atomic mass is 9.96. The van der Waals surface area contributed by atoms with Gasteiger partial charge in [0.2, 0.25) is 0 Å². The van der Waals surface area contributed by atoms with E-state index in [9.17, 15) is 14.0 Å². The number of nitriles is 1. The minimum atomic E-state index is -0.625. The zero-order valence-corrected chi connectivity index (χ0v) is 26.0. The van der Waals surface area contributed by atoms with Crippen LogP contribution in [0.15, 0.2) is 72.8 Å². The number of nitrogens with zero attached hydrogens (tertiary/aromatic N) is 5. The Labute approximate surface area is 264 Å². The maximum Gasteiger partial charge on any atom is 0.131 e. The molecule has 0 saturated heterocycles. The second kappa shape index (κ2) is 11.9. The van der Waals surface area contributed by atoms with Crippen LogP contribution in [-0.4, -0.2) is 26.3 Å². The van der Waals surface area contributed by atoms with Gasteiger partial charge in [0.1, 0.15) is 17.7 Å². The molecule has 0 aliphatic carbocycles. The first-order valence-electron chi connectivity index (χ1n) is 14.4. The van der Waals surface area contributed by atoms with Gasteiger partial charge in [0.25, 0.3) is 0 Å². The van der Waals surface area contributed by atoms with E-state index < -0.39 is 17.7 Å². The number of fused-ring (bicyclic) bond motifs is 2. The summed E-state index contributed by atoms with van der Waals surface area (Å²) in [6.07, 6.45) is 5.11. The largest absolute Gasteiger partial charge is 0.383 e. The fourth-order valence-electron chi connectivity index (χ4n) is 5.37. The number of aromatic nitrogens is 3.